The van der Waals surface area contributed by atoms with Gasteiger partial charge < -0.3 is 9.25 Å². The predicted molar refractivity (Wildman–Crippen MR) is 107 cm³/mol. The molecule has 4 aromatic rings. The monoisotopic (exact) mass is 473 g/mol. The van der Waals surface area contributed by atoms with Crippen molar-refractivity contribution >= 4 is 11.4 Å². The Morgan fingerprint density at radius 3 is 2.68 bits per heavy atom. The van der Waals surface area contributed by atoms with Gasteiger partial charge in [0.15, 0.2) is 0 Å². The quantitative estimate of drug-likeness (QED) is 0.437. The fraction of sp³-hybridized carbons (Fsp3) is 0.286. The van der Waals surface area contributed by atoms with Crippen molar-refractivity contribution in [1.29, 1.82) is 0 Å². The van der Waals surface area contributed by atoms with E-state index in [1.165, 1.54) is 12.3 Å². The lowest BCUT2D eigenvalue weighted by atomic mass is 10.1. The Hall–Kier alpha value is -3.87. The van der Waals surface area contributed by atoms with Gasteiger partial charge in [0.05, 0.1) is 12.2 Å². The highest BCUT2D eigenvalue weighted by atomic mass is 19.4. The summed E-state index contributed by atoms with van der Waals surface area (Å²) in [7, 11) is 0. The molecule has 1 unspecified atom stereocenters. The molecule has 1 aliphatic carbocycles. The molecule has 3 aromatic heterocycles. The van der Waals surface area contributed by atoms with Gasteiger partial charge >= 0.3 is 6.18 Å². The van der Waals surface area contributed by atoms with Crippen LogP contribution in [0.3, 0.4) is 0 Å². The fourth-order valence-electron chi connectivity index (χ4n) is 3.85. The molecule has 0 radical (unpaired) electrons. The largest absolute Gasteiger partial charge is 0.420 e. The van der Waals surface area contributed by atoms with Crippen LogP contribution in [0.2, 0.25) is 0 Å². The Labute approximate surface area is 188 Å². The molecule has 1 fully saturated rings. The Balaban J connectivity index is 1.39. The van der Waals surface area contributed by atoms with Crippen LogP contribution in [0.1, 0.15) is 36.0 Å². The first-order valence-corrected chi connectivity index (χ1v) is 10.3. The number of aromatic nitrogens is 6. The molecule has 1 aromatic carbocycles. The first kappa shape index (κ1) is 20.7. The summed E-state index contributed by atoms with van der Waals surface area (Å²) < 4.78 is 61.5. The van der Waals surface area contributed by atoms with Gasteiger partial charge in [-0.1, -0.05) is 18.2 Å². The number of hydrogen-bond donors (Lipinski definition) is 1. The first-order valence-electron chi connectivity index (χ1n) is 10.3. The van der Waals surface area contributed by atoms with E-state index in [4.69, 9.17) is 9.25 Å². The van der Waals surface area contributed by atoms with Crippen molar-refractivity contribution in [2.45, 2.75) is 37.0 Å². The molecule has 1 saturated carbocycles. The van der Waals surface area contributed by atoms with Crippen molar-refractivity contribution in [3.05, 3.63) is 65.6 Å². The van der Waals surface area contributed by atoms with E-state index in [1.54, 1.807) is 35.0 Å². The van der Waals surface area contributed by atoms with Gasteiger partial charge in [-0.2, -0.15) is 28.2 Å². The van der Waals surface area contributed by atoms with Crippen LogP contribution in [0.15, 0.2) is 47.1 Å². The maximum Gasteiger partial charge on any atom is 0.403 e. The van der Waals surface area contributed by atoms with E-state index in [2.05, 4.69) is 30.7 Å². The maximum absolute atomic E-state index is 14.2. The molecule has 0 bridgehead atoms. The van der Waals surface area contributed by atoms with E-state index in [-0.39, 0.29) is 54.1 Å². The average molecular weight is 473 g/mol. The minimum absolute atomic E-state index is 0.0310. The smallest absolute Gasteiger partial charge is 0.403 e. The highest BCUT2D eigenvalue weighted by Crippen LogP contribution is 2.58. The average Bonchev–Trinajstić information content (AvgIpc) is 3.15. The number of halogens is 4. The zero-order valence-electron chi connectivity index (χ0n) is 17.3. The summed E-state index contributed by atoms with van der Waals surface area (Å²) in [6.07, 6.45) is -1.46. The molecule has 6 rings (SSSR count). The lowest BCUT2D eigenvalue weighted by Crippen LogP contribution is -2.28. The van der Waals surface area contributed by atoms with E-state index in [0.29, 0.717) is 11.3 Å². The van der Waals surface area contributed by atoms with Crippen molar-refractivity contribution in [3.8, 4) is 11.5 Å². The van der Waals surface area contributed by atoms with E-state index >= 15 is 0 Å². The SMILES string of the molecule is Fc1ccccc1Cn1nc(-c2nnc3nc(C4(C(F)(F)F)CC4)oc3n2)cc1C1C=CON1. The van der Waals surface area contributed by atoms with Gasteiger partial charge in [-0.3, -0.25) is 4.68 Å². The lowest BCUT2D eigenvalue weighted by Gasteiger charge is -2.14. The molecule has 0 spiro atoms. The molecule has 4 heterocycles. The van der Waals surface area contributed by atoms with Crippen LogP contribution in [0.5, 0.6) is 0 Å². The minimum Gasteiger partial charge on any atom is -0.420 e. The molecule has 0 saturated heterocycles. The zero-order chi connectivity index (χ0) is 23.5. The highest BCUT2D eigenvalue weighted by molar-refractivity contribution is 5.65. The summed E-state index contributed by atoms with van der Waals surface area (Å²) in [6.45, 7) is 0.115. The van der Waals surface area contributed by atoms with E-state index < -0.39 is 17.5 Å². The highest BCUT2D eigenvalue weighted by Gasteiger charge is 2.67. The molecule has 2 aliphatic rings. The predicted octanol–water partition coefficient (Wildman–Crippen LogP) is 3.75. The Bertz CT molecular complexity index is 1420. The number of nitrogens with zero attached hydrogens (tertiary/aromatic N) is 6. The van der Waals surface area contributed by atoms with Crippen molar-refractivity contribution in [3.63, 3.8) is 0 Å². The molecular formula is C21H15F4N7O2. The van der Waals surface area contributed by atoms with Gasteiger partial charge in [0, 0.05) is 5.56 Å². The number of hydroxylamine groups is 1. The summed E-state index contributed by atoms with van der Waals surface area (Å²) >= 11 is 0. The van der Waals surface area contributed by atoms with Crippen LogP contribution in [-0.4, -0.2) is 36.1 Å². The number of benzene rings is 1. The molecule has 1 aliphatic heterocycles. The second-order valence-corrected chi connectivity index (χ2v) is 8.11. The second kappa shape index (κ2) is 7.32. The second-order valence-electron chi connectivity index (χ2n) is 8.11. The third-order valence-corrected chi connectivity index (χ3v) is 5.91. The van der Waals surface area contributed by atoms with Crippen LogP contribution in [0, 0.1) is 5.82 Å². The third-order valence-electron chi connectivity index (χ3n) is 5.91. The van der Waals surface area contributed by atoms with Gasteiger partial charge in [-0.05, 0) is 31.1 Å². The molecule has 9 nitrogen and oxygen atoms in total. The van der Waals surface area contributed by atoms with Crippen molar-refractivity contribution in [2.24, 2.45) is 0 Å². The van der Waals surface area contributed by atoms with Crippen LogP contribution in [-0.2, 0) is 16.8 Å². The van der Waals surface area contributed by atoms with Gasteiger partial charge in [0.1, 0.15) is 29.2 Å². The molecule has 13 heteroatoms. The van der Waals surface area contributed by atoms with E-state index in [9.17, 15) is 17.6 Å². The summed E-state index contributed by atoms with van der Waals surface area (Å²) in [4.78, 5) is 13.2. The number of nitrogens with one attached hydrogen (secondary N) is 1. The Morgan fingerprint density at radius 2 is 1.97 bits per heavy atom. The van der Waals surface area contributed by atoms with Crippen LogP contribution < -0.4 is 5.48 Å². The number of oxazole rings is 1. The molecule has 1 atom stereocenters. The maximum atomic E-state index is 14.2. The number of alkyl halides is 3. The summed E-state index contributed by atoms with van der Waals surface area (Å²) in [6, 6.07) is 7.60. The fourth-order valence-corrected chi connectivity index (χ4v) is 3.85. The molecule has 1 N–H and O–H groups in total. The van der Waals surface area contributed by atoms with Crippen molar-refractivity contribution < 1.29 is 26.8 Å². The van der Waals surface area contributed by atoms with Crippen LogP contribution in [0.4, 0.5) is 17.6 Å². The molecular weight excluding hydrogens is 458 g/mol. The number of hydrogen-bond acceptors (Lipinski definition) is 8. The minimum atomic E-state index is -4.48. The van der Waals surface area contributed by atoms with Crippen LogP contribution >= 0.6 is 0 Å². The summed E-state index contributed by atoms with van der Waals surface area (Å²) in [5, 5.41) is 12.4. The van der Waals surface area contributed by atoms with Crippen molar-refractivity contribution in [1.82, 2.24) is 35.4 Å². The first-order chi connectivity index (χ1) is 16.3. The van der Waals surface area contributed by atoms with Crippen molar-refractivity contribution in [2.75, 3.05) is 0 Å². The van der Waals surface area contributed by atoms with E-state index in [1.807, 2.05) is 0 Å². The van der Waals surface area contributed by atoms with Gasteiger partial charge in [-0.25, -0.2) is 4.39 Å². The topological polar surface area (TPSA) is 104 Å². The summed E-state index contributed by atoms with van der Waals surface area (Å²) in [5.41, 5.74) is 1.74. The normalized spacial score (nSPS) is 19.0. The zero-order valence-corrected chi connectivity index (χ0v) is 17.3. The van der Waals surface area contributed by atoms with Crippen LogP contribution in [0.25, 0.3) is 22.9 Å². The van der Waals surface area contributed by atoms with Gasteiger partial charge in [0.25, 0.3) is 5.71 Å². The number of rotatable bonds is 5. The molecule has 0 amide bonds. The Kier molecular flexibility index (Phi) is 4.46. The molecule has 34 heavy (non-hydrogen) atoms. The Morgan fingerprint density at radius 1 is 1.15 bits per heavy atom. The third kappa shape index (κ3) is 3.31. The van der Waals surface area contributed by atoms with E-state index in [0.717, 1.165) is 0 Å². The standard InChI is InChI=1S/C21H15F4N7O2/c22-12-4-2-1-3-11(12)10-32-15(13-5-8-33-31-13)9-14(30-32)16-26-18-17(29-28-16)27-19(34-18)20(6-7-20)21(23,24)25/h1-5,8-9,13,31H,6-7,10H2. The molecule has 174 valence electrons. The van der Waals surface area contributed by atoms with Gasteiger partial charge in [0.2, 0.25) is 17.4 Å². The lowest BCUT2D eigenvalue weighted by molar-refractivity contribution is -0.165. The number of fused-ring (bicyclic) bond motifs is 1. The summed E-state index contributed by atoms with van der Waals surface area (Å²) in [5.74, 6) is -0.815. The van der Waals surface area contributed by atoms with Gasteiger partial charge in [-0.15, -0.1) is 15.7 Å².